The lowest BCUT2D eigenvalue weighted by Crippen LogP contribution is -2.35. The van der Waals surface area contributed by atoms with Crippen LogP contribution in [0.3, 0.4) is 0 Å². The summed E-state index contributed by atoms with van der Waals surface area (Å²) < 4.78 is 4.78. The van der Waals surface area contributed by atoms with Gasteiger partial charge in [0.05, 0.1) is 36.2 Å². The van der Waals surface area contributed by atoms with Crippen molar-refractivity contribution in [1.82, 2.24) is 4.90 Å². The molecule has 1 aliphatic rings. The fraction of sp³-hybridized carbons (Fsp3) is 0.111. The molecule has 0 spiro atoms. The fourth-order valence-corrected chi connectivity index (χ4v) is 3.92. The number of amides is 3. The van der Waals surface area contributed by atoms with Crippen LogP contribution in [0.15, 0.2) is 72.8 Å². The number of likely N-dealkylation sites (N-methyl/N-ethyl adjacent to an activating group) is 1. The molecule has 0 unspecified atom stereocenters. The van der Waals surface area contributed by atoms with Crippen LogP contribution in [-0.2, 0) is 14.3 Å². The molecule has 36 heavy (non-hydrogen) atoms. The monoisotopic (exact) mass is 484 g/mol. The van der Waals surface area contributed by atoms with Crippen molar-refractivity contribution in [3.8, 4) is 0 Å². The number of fused-ring (bicyclic) bond motifs is 1. The van der Waals surface area contributed by atoms with Gasteiger partial charge in [-0.25, -0.2) is 4.79 Å². The van der Waals surface area contributed by atoms with E-state index in [2.05, 4.69) is 10.6 Å². The van der Waals surface area contributed by atoms with Gasteiger partial charge in [0, 0.05) is 23.9 Å². The third-order valence-corrected chi connectivity index (χ3v) is 5.64. The zero-order valence-electron chi connectivity index (χ0n) is 19.7. The molecule has 0 fully saturated rings. The molecule has 182 valence electrons. The zero-order chi connectivity index (χ0) is 25.8. The van der Waals surface area contributed by atoms with E-state index < -0.39 is 11.9 Å². The number of esters is 1. The van der Waals surface area contributed by atoms with Gasteiger partial charge in [-0.2, -0.15) is 0 Å². The van der Waals surface area contributed by atoms with E-state index in [0.29, 0.717) is 39.3 Å². The van der Waals surface area contributed by atoms with E-state index in [4.69, 9.17) is 10.5 Å². The van der Waals surface area contributed by atoms with Crippen LogP contribution in [0.25, 0.3) is 11.3 Å². The molecule has 1 aliphatic heterocycles. The van der Waals surface area contributed by atoms with Crippen LogP contribution in [0.5, 0.6) is 0 Å². The van der Waals surface area contributed by atoms with Gasteiger partial charge in [-0.15, -0.1) is 0 Å². The van der Waals surface area contributed by atoms with Crippen molar-refractivity contribution >= 4 is 46.3 Å². The summed E-state index contributed by atoms with van der Waals surface area (Å²) in [5, 5.41) is 6.14. The average molecular weight is 485 g/mol. The summed E-state index contributed by atoms with van der Waals surface area (Å²) in [6.45, 7) is -0.185. The van der Waals surface area contributed by atoms with Crippen molar-refractivity contribution in [3.63, 3.8) is 0 Å². The van der Waals surface area contributed by atoms with Gasteiger partial charge in [0.25, 0.3) is 11.8 Å². The number of carbonyl (C=O) groups is 4. The predicted octanol–water partition coefficient (Wildman–Crippen LogP) is 2.96. The average Bonchev–Trinajstić information content (AvgIpc) is 3.21. The third kappa shape index (κ3) is 4.95. The first kappa shape index (κ1) is 24.2. The summed E-state index contributed by atoms with van der Waals surface area (Å²) in [4.78, 5) is 49.9. The van der Waals surface area contributed by atoms with E-state index in [1.807, 2.05) is 30.3 Å². The number of ether oxygens (including phenoxy) is 1. The van der Waals surface area contributed by atoms with Crippen molar-refractivity contribution < 1.29 is 23.9 Å². The number of hydrogen-bond donors (Lipinski definition) is 3. The van der Waals surface area contributed by atoms with E-state index in [-0.39, 0.29) is 18.4 Å². The second-order valence-corrected chi connectivity index (χ2v) is 8.15. The van der Waals surface area contributed by atoms with Crippen molar-refractivity contribution in [1.29, 1.82) is 0 Å². The molecule has 0 saturated carbocycles. The first-order valence-electron chi connectivity index (χ1n) is 11.0. The molecule has 4 rings (SSSR count). The molecule has 4 N–H and O–H groups in total. The Morgan fingerprint density at radius 1 is 0.944 bits per heavy atom. The molecular weight excluding hydrogens is 460 g/mol. The molecule has 9 heteroatoms. The number of hydrogen-bond acceptors (Lipinski definition) is 6. The highest BCUT2D eigenvalue weighted by Gasteiger charge is 2.29. The molecule has 0 radical (unpaired) electrons. The quantitative estimate of drug-likeness (QED) is 0.349. The second-order valence-electron chi connectivity index (χ2n) is 8.15. The topological polar surface area (TPSA) is 131 Å². The smallest absolute Gasteiger partial charge is 0.337 e. The highest BCUT2D eigenvalue weighted by molar-refractivity contribution is 6.37. The van der Waals surface area contributed by atoms with E-state index in [0.717, 1.165) is 5.56 Å². The molecule has 3 aromatic carbocycles. The van der Waals surface area contributed by atoms with Gasteiger partial charge < -0.3 is 26.0 Å². The van der Waals surface area contributed by atoms with Crippen molar-refractivity contribution in [2.75, 3.05) is 31.3 Å². The fourth-order valence-electron chi connectivity index (χ4n) is 3.92. The second kappa shape index (κ2) is 10.1. The van der Waals surface area contributed by atoms with Crippen LogP contribution in [0, 0.1) is 0 Å². The number of rotatable bonds is 7. The maximum atomic E-state index is 13.1. The molecule has 0 aromatic heterocycles. The van der Waals surface area contributed by atoms with Gasteiger partial charge in [-0.1, -0.05) is 36.4 Å². The Bertz CT molecular complexity index is 1380. The van der Waals surface area contributed by atoms with Crippen LogP contribution in [0.1, 0.15) is 31.8 Å². The summed E-state index contributed by atoms with van der Waals surface area (Å²) in [7, 11) is 2.80. The minimum absolute atomic E-state index is 0.185. The van der Waals surface area contributed by atoms with E-state index >= 15 is 0 Å². The molecule has 0 saturated heterocycles. The Hall–Kier alpha value is -4.92. The highest BCUT2D eigenvalue weighted by Crippen LogP contribution is 2.38. The van der Waals surface area contributed by atoms with Crippen molar-refractivity contribution in [3.05, 3.63) is 95.1 Å². The Morgan fingerprint density at radius 3 is 2.25 bits per heavy atom. The molecule has 3 amide bonds. The number of methoxy groups -OCH3 is 1. The standard InChI is InChI=1S/C27H24N4O5/c1-31(15-22(28)32)26(34)17-8-11-19(12-9-17)29-24(16-6-4-3-5-7-16)23-20-13-10-18(27(35)36-2)14-21(20)30-25(23)33/h3-14,29H,15H2,1-2H3,(H2,28,32)(H,30,33). The lowest BCUT2D eigenvalue weighted by Gasteiger charge is -2.17. The zero-order valence-corrected chi connectivity index (χ0v) is 19.7. The minimum atomic E-state index is -0.600. The van der Waals surface area contributed by atoms with Gasteiger partial charge in [-0.3, -0.25) is 14.4 Å². The Balaban J connectivity index is 1.72. The molecular formula is C27H24N4O5. The van der Waals surface area contributed by atoms with Gasteiger partial charge in [0.1, 0.15) is 0 Å². The maximum absolute atomic E-state index is 13.1. The summed E-state index contributed by atoms with van der Waals surface area (Å²) in [6, 6.07) is 20.9. The summed E-state index contributed by atoms with van der Waals surface area (Å²) in [5.41, 5.74) is 9.42. The Morgan fingerprint density at radius 2 is 1.61 bits per heavy atom. The number of nitrogens with two attached hydrogens (primary N) is 1. The van der Waals surface area contributed by atoms with Crippen LogP contribution in [-0.4, -0.2) is 49.3 Å². The Labute approximate surface area is 207 Å². The van der Waals surface area contributed by atoms with Crippen molar-refractivity contribution in [2.24, 2.45) is 5.73 Å². The SMILES string of the molecule is COC(=O)c1ccc2c(c1)NC(=O)C2=C(Nc1ccc(C(=O)N(C)CC(N)=O)cc1)c1ccccc1. The highest BCUT2D eigenvalue weighted by atomic mass is 16.5. The van der Waals surface area contributed by atoms with E-state index in [1.54, 1.807) is 42.5 Å². The van der Waals surface area contributed by atoms with Gasteiger partial charge in [0.15, 0.2) is 0 Å². The normalized spacial score (nSPS) is 13.3. The molecule has 1 heterocycles. The molecule has 0 bridgehead atoms. The van der Waals surface area contributed by atoms with E-state index in [9.17, 15) is 19.2 Å². The van der Waals surface area contributed by atoms with Crippen LogP contribution in [0.2, 0.25) is 0 Å². The number of benzene rings is 3. The van der Waals surface area contributed by atoms with Crippen LogP contribution >= 0.6 is 0 Å². The lowest BCUT2D eigenvalue weighted by molar-refractivity contribution is -0.118. The number of carbonyl (C=O) groups excluding carboxylic acids is 4. The lowest BCUT2D eigenvalue weighted by atomic mass is 9.99. The number of nitrogens with one attached hydrogen (secondary N) is 2. The maximum Gasteiger partial charge on any atom is 0.337 e. The van der Waals surface area contributed by atoms with Crippen molar-refractivity contribution in [2.45, 2.75) is 0 Å². The van der Waals surface area contributed by atoms with Gasteiger partial charge in [0.2, 0.25) is 5.91 Å². The summed E-state index contributed by atoms with van der Waals surface area (Å²) >= 11 is 0. The molecule has 9 nitrogen and oxygen atoms in total. The van der Waals surface area contributed by atoms with Gasteiger partial charge >= 0.3 is 5.97 Å². The Kier molecular flexibility index (Phi) is 6.82. The number of nitrogens with zero attached hydrogens (tertiary/aromatic N) is 1. The first-order valence-corrected chi connectivity index (χ1v) is 11.0. The third-order valence-electron chi connectivity index (χ3n) is 5.64. The summed E-state index contributed by atoms with van der Waals surface area (Å²) in [6.07, 6.45) is 0. The minimum Gasteiger partial charge on any atom is -0.465 e. The van der Waals surface area contributed by atoms with Crippen LogP contribution in [0.4, 0.5) is 11.4 Å². The predicted molar refractivity (Wildman–Crippen MR) is 136 cm³/mol. The molecule has 0 aliphatic carbocycles. The number of anilines is 2. The first-order chi connectivity index (χ1) is 17.3. The van der Waals surface area contributed by atoms with Crippen LogP contribution < -0.4 is 16.4 Å². The largest absolute Gasteiger partial charge is 0.465 e. The summed E-state index contributed by atoms with van der Waals surface area (Å²) in [5.74, 6) is -1.76. The number of primary amides is 1. The molecule has 0 atom stereocenters. The van der Waals surface area contributed by atoms with E-state index in [1.165, 1.54) is 19.1 Å². The van der Waals surface area contributed by atoms with Gasteiger partial charge in [-0.05, 0) is 42.0 Å². The molecule has 3 aromatic rings.